The van der Waals surface area contributed by atoms with E-state index in [-0.39, 0.29) is 0 Å². The Bertz CT molecular complexity index is 1510. The normalized spacial score (nSPS) is 10.8. The second kappa shape index (κ2) is 11.0. The molecule has 0 spiro atoms. The molecule has 0 atom stereocenters. The van der Waals surface area contributed by atoms with Gasteiger partial charge in [-0.15, -0.1) is 0 Å². The van der Waals surface area contributed by atoms with Crippen molar-refractivity contribution < 1.29 is 18.8 Å². The minimum Gasteiger partial charge on any atom is -0.488 e. The van der Waals surface area contributed by atoms with Crippen LogP contribution in [0.5, 0.6) is 11.5 Å². The van der Waals surface area contributed by atoms with Crippen molar-refractivity contribution in [3.05, 3.63) is 125 Å². The predicted molar refractivity (Wildman–Crippen MR) is 144 cm³/mol. The van der Waals surface area contributed by atoms with Gasteiger partial charge in [0.1, 0.15) is 31.0 Å². The highest BCUT2D eigenvalue weighted by molar-refractivity contribution is 5.87. The standard InChI is InChI=1S/C32H27NO4/c1-22-16-28(32-31(23(2)33-37-32)27-15-9-14-26(17-27)19-34)30(36-21-25-12-7-4-8-13-25)18-29(22)35-20-24-10-5-3-6-11-24/h3-19H,20-21H2,1-2H3. The van der Waals surface area contributed by atoms with Crippen molar-refractivity contribution in [2.75, 3.05) is 0 Å². The molecule has 0 amide bonds. The monoisotopic (exact) mass is 489 g/mol. The van der Waals surface area contributed by atoms with Crippen LogP contribution in [-0.2, 0) is 13.2 Å². The van der Waals surface area contributed by atoms with E-state index >= 15 is 0 Å². The number of aldehydes is 1. The molecule has 0 aliphatic heterocycles. The van der Waals surface area contributed by atoms with Gasteiger partial charge in [-0.1, -0.05) is 84.0 Å². The van der Waals surface area contributed by atoms with Gasteiger partial charge in [0.15, 0.2) is 5.76 Å². The summed E-state index contributed by atoms with van der Waals surface area (Å²) >= 11 is 0. The SMILES string of the molecule is Cc1cc(-c2onc(C)c2-c2cccc(C=O)c2)c(OCc2ccccc2)cc1OCc1ccccc1. The molecule has 0 saturated carbocycles. The minimum absolute atomic E-state index is 0.387. The zero-order valence-corrected chi connectivity index (χ0v) is 20.8. The molecule has 1 heterocycles. The Morgan fingerprint density at radius 1 is 0.757 bits per heavy atom. The molecular formula is C32H27NO4. The summed E-state index contributed by atoms with van der Waals surface area (Å²) in [6.07, 6.45) is 0.837. The molecule has 4 aromatic carbocycles. The van der Waals surface area contributed by atoms with E-state index < -0.39 is 0 Å². The summed E-state index contributed by atoms with van der Waals surface area (Å²) in [5.74, 6) is 1.94. The number of hydrogen-bond acceptors (Lipinski definition) is 5. The van der Waals surface area contributed by atoms with Crippen molar-refractivity contribution in [2.45, 2.75) is 27.1 Å². The van der Waals surface area contributed by atoms with Gasteiger partial charge in [-0.3, -0.25) is 4.79 Å². The fourth-order valence-electron chi connectivity index (χ4n) is 4.25. The Morgan fingerprint density at radius 3 is 2.05 bits per heavy atom. The number of carbonyl (C=O) groups excluding carboxylic acids is 1. The Hall–Kier alpha value is -4.64. The summed E-state index contributed by atoms with van der Waals surface area (Å²) in [5.41, 5.74) is 6.85. The number of hydrogen-bond donors (Lipinski definition) is 0. The van der Waals surface area contributed by atoms with Crippen LogP contribution >= 0.6 is 0 Å². The van der Waals surface area contributed by atoms with E-state index in [1.807, 2.05) is 105 Å². The average molecular weight is 490 g/mol. The molecule has 0 radical (unpaired) electrons. The quantitative estimate of drug-likeness (QED) is 0.200. The molecule has 0 saturated heterocycles. The second-order valence-corrected chi connectivity index (χ2v) is 8.88. The second-order valence-electron chi connectivity index (χ2n) is 8.88. The fourth-order valence-corrected chi connectivity index (χ4v) is 4.25. The molecule has 5 rings (SSSR count). The van der Waals surface area contributed by atoms with Crippen LogP contribution in [-0.4, -0.2) is 11.4 Å². The predicted octanol–water partition coefficient (Wildman–Crippen LogP) is 7.60. The molecule has 1 aromatic heterocycles. The molecule has 37 heavy (non-hydrogen) atoms. The summed E-state index contributed by atoms with van der Waals surface area (Å²) < 4.78 is 18.4. The van der Waals surface area contributed by atoms with E-state index in [1.165, 1.54) is 0 Å². The first kappa shape index (κ1) is 24.1. The largest absolute Gasteiger partial charge is 0.488 e. The lowest BCUT2D eigenvalue weighted by Crippen LogP contribution is -2.01. The zero-order valence-electron chi connectivity index (χ0n) is 20.8. The Balaban J connectivity index is 1.56. The third-order valence-electron chi connectivity index (χ3n) is 6.17. The maximum atomic E-state index is 11.4. The van der Waals surface area contributed by atoms with Crippen LogP contribution in [0.25, 0.3) is 22.5 Å². The van der Waals surface area contributed by atoms with Gasteiger partial charge < -0.3 is 14.0 Å². The van der Waals surface area contributed by atoms with E-state index in [0.717, 1.165) is 51.1 Å². The zero-order chi connectivity index (χ0) is 25.6. The van der Waals surface area contributed by atoms with Crippen molar-refractivity contribution in [3.63, 3.8) is 0 Å². The van der Waals surface area contributed by atoms with Gasteiger partial charge in [0.05, 0.1) is 16.8 Å². The summed E-state index contributed by atoms with van der Waals surface area (Å²) in [5, 5.41) is 4.26. The average Bonchev–Trinajstić information content (AvgIpc) is 3.33. The van der Waals surface area contributed by atoms with Crippen LogP contribution in [0.3, 0.4) is 0 Å². The molecule has 184 valence electrons. The van der Waals surface area contributed by atoms with Gasteiger partial charge in [-0.05, 0) is 48.2 Å². The van der Waals surface area contributed by atoms with Gasteiger partial charge in [-0.2, -0.15) is 0 Å². The first-order valence-electron chi connectivity index (χ1n) is 12.1. The Labute approximate surface area is 216 Å². The van der Waals surface area contributed by atoms with Crippen molar-refractivity contribution in [1.82, 2.24) is 5.16 Å². The summed E-state index contributed by atoms with van der Waals surface area (Å²) in [4.78, 5) is 11.4. The number of benzene rings is 4. The number of rotatable bonds is 9. The summed E-state index contributed by atoms with van der Waals surface area (Å²) in [7, 11) is 0. The lowest BCUT2D eigenvalue weighted by atomic mass is 9.97. The minimum atomic E-state index is 0.387. The highest BCUT2D eigenvalue weighted by Crippen LogP contribution is 2.42. The molecule has 0 aliphatic rings. The number of ether oxygens (including phenoxy) is 2. The van der Waals surface area contributed by atoms with Crippen molar-refractivity contribution in [1.29, 1.82) is 0 Å². The fraction of sp³-hybridized carbons (Fsp3) is 0.125. The van der Waals surface area contributed by atoms with E-state index in [0.29, 0.717) is 30.3 Å². The van der Waals surface area contributed by atoms with Crippen LogP contribution in [0, 0.1) is 13.8 Å². The van der Waals surface area contributed by atoms with Crippen molar-refractivity contribution in [2.24, 2.45) is 0 Å². The smallest absolute Gasteiger partial charge is 0.178 e. The molecule has 0 aliphatic carbocycles. The molecule has 5 aromatic rings. The Kier molecular flexibility index (Phi) is 7.13. The molecule has 0 N–H and O–H groups in total. The maximum absolute atomic E-state index is 11.4. The van der Waals surface area contributed by atoms with Gasteiger partial charge in [-0.25, -0.2) is 0 Å². The first-order chi connectivity index (χ1) is 18.1. The van der Waals surface area contributed by atoms with Gasteiger partial charge in [0, 0.05) is 11.6 Å². The third kappa shape index (κ3) is 5.46. The summed E-state index contributed by atoms with van der Waals surface area (Å²) in [6, 6.07) is 31.4. The van der Waals surface area contributed by atoms with Gasteiger partial charge in [0.2, 0.25) is 0 Å². The van der Waals surface area contributed by atoms with Gasteiger partial charge >= 0.3 is 0 Å². The lowest BCUT2D eigenvalue weighted by Gasteiger charge is -2.16. The third-order valence-corrected chi connectivity index (χ3v) is 6.17. The van der Waals surface area contributed by atoms with E-state index in [9.17, 15) is 4.79 Å². The van der Waals surface area contributed by atoms with Crippen LogP contribution in [0.1, 0.15) is 32.7 Å². The summed E-state index contributed by atoms with van der Waals surface area (Å²) in [6.45, 7) is 4.73. The van der Waals surface area contributed by atoms with E-state index in [4.69, 9.17) is 14.0 Å². The molecular weight excluding hydrogens is 462 g/mol. The maximum Gasteiger partial charge on any atom is 0.178 e. The van der Waals surface area contributed by atoms with Crippen LogP contribution in [0.4, 0.5) is 0 Å². The lowest BCUT2D eigenvalue weighted by molar-refractivity contribution is 0.112. The number of carbonyl (C=O) groups is 1. The first-order valence-corrected chi connectivity index (χ1v) is 12.1. The molecule has 5 nitrogen and oxygen atoms in total. The number of aryl methyl sites for hydroxylation is 2. The van der Waals surface area contributed by atoms with Crippen LogP contribution in [0.15, 0.2) is 102 Å². The van der Waals surface area contributed by atoms with Crippen molar-refractivity contribution in [3.8, 4) is 33.9 Å². The molecule has 0 bridgehead atoms. The van der Waals surface area contributed by atoms with Crippen molar-refractivity contribution >= 4 is 6.29 Å². The molecule has 0 fully saturated rings. The van der Waals surface area contributed by atoms with Gasteiger partial charge in [0.25, 0.3) is 0 Å². The topological polar surface area (TPSA) is 61.6 Å². The Morgan fingerprint density at radius 2 is 1.41 bits per heavy atom. The number of aromatic nitrogens is 1. The van der Waals surface area contributed by atoms with E-state index in [1.54, 1.807) is 6.07 Å². The van der Waals surface area contributed by atoms with Crippen LogP contribution in [0.2, 0.25) is 0 Å². The molecule has 0 unspecified atom stereocenters. The van der Waals surface area contributed by atoms with Crippen LogP contribution < -0.4 is 9.47 Å². The molecule has 5 heteroatoms. The van der Waals surface area contributed by atoms with E-state index in [2.05, 4.69) is 5.16 Å². The highest BCUT2D eigenvalue weighted by Gasteiger charge is 2.22. The number of nitrogens with zero attached hydrogens (tertiary/aromatic N) is 1. The highest BCUT2D eigenvalue weighted by atomic mass is 16.5.